The summed E-state index contributed by atoms with van der Waals surface area (Å²) in [6, 6.07) is 0. The molecule has 1 unspecified atom stereocenters. The van der Waals surface area contributed by atoms with Crippen molar-refractivity contribution in [1.29, 1.82) is 0 Å². The Labute approximate surface area is 90.6 Å². The van der Waals surface area contributed by atoms with Crippen LogP contribution in [-0.2, 0) is 4.79 Å². The van der Waals surface area contributed by atoms with Crippen molar-refractivity contribution in [3.8, 4) is 0 Å². The van der Waals surface area contributed by atoms with Gasteiger partial charge < -0.3 is 5.73 Å². The lowest BCUT2D eigenvalue weighted by atomic mass is 9.49. The molecule has 0 aromatic heterocycles. The Morgan fingerprint density at radius 3 is 1.93 bits per heavy atom. The molecule has 4 bridgehead atoms. The van der Waals surface area contributed by atoms with Gasteiger partial charge in [-0.3, -0.25) is 4.79 Å². The maximum Gasteiger partial charge on any atom is 0.221 e. The van der Waals surface area contributed by atoms with Crippen LogP contribution in [-0.4, -0.2) is 5.91 Å². The predicted molar refractivity (Wildman–Crippen MR) is 56.8 cm³/mol. The lowest BCUT2D eigenvalue weighted by Crippen LogP contribution is -2.48. The molecule has 5 aliphatic rings. The molecule has 5 aliphatic carbocycles. The summed E-state index contributed by atoms with van der Waals surface area (Å²) >= 11 is 0. The van der Waals surface area contributed by atoms with Gasteiger partial charge in [-0.1, -0.05) is 0 Å². The maximum absolute atomic E-state index is 11.4. The molecule has 82 valence electrons. The molecule has 2 N–H and O–H groups in total. The highest BCUT2D eigenvalue weighted by Gasteiger charge is 2.70. The minimum Gasteiger partial charge on any atom is -0.369 e. The molecular formula is C13H19NO. The van der Waals surface area contributed by atoms with Crippen LogP contribution in [0.25, 0.3) is 0 Å². The number of primary amides is 1. The van der Waals surface area contributed by atoms with Gasteiger partial charge in [0.05, 0.1) is 0 Å². The summed E-state index contributed by atoms with van der Waals surface area (Å²) in [5.74, 6) is 3.99. The van der Waals surface area contributed by atoms with Crippen LogP contribution >= 0.6 is 0 Å². The fourth-order valence-electron chi connectivity index (χ4n) is 5.62. The van der Waals surface area contributed by atoms with Crippen LogP contribution in [0.3, 0.4) is 0 Å². The number of hydrogen-bond acceptors (Lipinski definition) is 1. The van der Waals surface area contributed by atoms with Crippen molar-refractivity contribution in [3.63, 3.8) is 0 Å². The van der Waals surface area contributed by atoms with Crippen molar-refractivity contribution < 1.29 is 4.79 Å². The van der Waals surface area contributed by atoms with Crippen molar-refractivity contribution in [1.82, 2.24) is 0 Å². The molecule has 5 rings (SSSR count). The number of rotatable bonds is 1. The van der Waals surface area contributed by atoms with Crippen molar-refractivity contribution in [2.45, 2.75) is 38.5 Å². The van der Waals surface area contributed by atoms with Crippen LogP contribution in [0.15, 0.2) is 0 Å². The number of carbonyl (C=O) groups excluding carboxylic acids is 1. The van der Waals surface area contributed by atoms with Gasteiger partial charge in [-0.2, -0.15) is 0 Å². The van der Waals surface area contributed by atoms with Crippen molar-refractivity contribution in [2.24, 2.45) is 40.7 Å². The lowest BCUT2D eigenvalue weighted by molar-refractivity contribution is -0.123. The Balaban J connectivity index is 1.70. The topological polar surface area (TPSA) is 43.1 Å². The monoisotopic (exact) mass is 205 g/mol. The van der Waals surface area contributed by atoms with Crippen LogP contribution in [0.5, 0.6) is 0 Å². The largest absolute Gasteiger partial charge is 0.369 e. The highest BCUT2D eigenvalue weighted by molar-refractivity contribution is 5.81. The van der Waals surface area contributed by atoms with Crippen LogP contribution in [0.1, 0.15) is 38.5 Å². The van der Waals surface area contributed by atoms with Crippen molar-refractivity contribution >= 4 is 5.91 Å². The summed E-state index contributed by atoms with van der Waals surface area (Å²) in [5, 5.41) is 0. The van der Waals surface area contributed by atoms with Crippen molar-refractivity contribution in [2.75, 3.05) is 0 Å². The van der Waals surface area contributed by atoms with Gasteiger partial charge in [0.15, 0.2) is 0 Å². The maximum atomic E-state index is 11.4. The zero-order valence-corrected chi connectivity index (χ0v) is 9.11. The molecule has 2 nitrogen and oxygen atoms in total. The van der Waals surface area contributed by atoms with Crippen LogP contribution < -0.4 is 5.73 Å². The Bertz CT molecular complexity index is 307. The Morgan fingerprint density at radius 2 is 1.53 bits per heavy atom. The number of nitrogens with two attached hydrogens (primary N) is 1. The minimum absolute atomic E-state index is 0.0116. The van der Waals surface area contributed by atoms with Crippen LogP contribution in [0.2, 0.25) is 0 Å². The van der Waals surface area contributed by atoms with E-state index < -0.39 is 0 Å². The first-order valence-corrected chi connectivity index (χ1v) is 6.49. The molecule has 15 heavy (non-hydrogen) atoms. The van der Waals surface area contributed by atoms with E-state index in [0.717, 1.165) is 30.1 Å². The Morgan fingerprint density at radius 1 is 1.00 bits per heavy atom. The van der Waals surface area contributed by atoms with E-state index in [1.165, 1.54) is 32.1 Å². The summed E-state index contributed by atoms with van der Waals surface area (Å²) in [6.07, 6.45) is 8.28. The van der Waals surface area contributed by atoms with E-state index in [1.807, 2.05) is 0 Å². The average Bonchev–Trinajstić information content (AvgIpc) is 2.89. The van der Waals surface area contributed by atoms with E-state index in [4.69, 9.17) is 5.73 Å². The summed E-state index contributed by atoms with van der Waals surface area (Å²) in [4.78, 5) is 11.4. The highest BCUT2D eigenvalue weighted by atomic mass is 16.1. The summed E-state index contributed by atoms with van der Waals surface area (Å²) in [5.41, 5.74) is 5.93. The Kier molecular flexibility index (Phi) is 1.38. The summed E-state index contributed by atoms with van der Waals surface area (Å²) in [7, 11) is 0. The second kappa shape index (κ2) is 2.41. The first-order chi connectivity index (χ1) is 7.20. The molecule has 1 atom stereocenters. The van der Waals surface area contributed by atoms with Gasteiger partial charge in [-0.05, 0) is 67.6 Å². The van der Waals surface area contributed by atoms with Gasteiger partial charge in [-0.15, -0.1) is 0 Å². The zero-order chi connectivity index (χ0) is 10.2. The minimum atomic E-state index is -0.0116. The predicted octanol–water partition coefficient (Wildman–Crippen LogP) is 1.93. The van der Waals surface area contributed by atoms with Crippen molar-refractivity contribution in [3.05, 3.63) is 0 Å². The van der Waals surface area contributed by atoms with Crippen LogP contribution in [0, 0.1) is 35.0 Å². The van der Waals surface area contributed by atoms with Gasteiger partial charge in [0.25, 0.3) is 0 Å². The number of hydrogen-bond donors (Lipinski definition) is 1. The van der Waals surface area contributed by atoms with E-state index in [-0.39, 0.29) is 11.8 Å². The smallest absolute Gasteiger partial charge is 0.221 e. The molecule has 2 heteroatoms. The quantitative estimate of drug-likeness (QED) is 0.698. The van der Waals surface area contributed by atoms with E-state index >= 15 is 0 Å². The molecular weight excluding hydrogens is 186 g/mol. The summed E-state index contributed by atoms with van der Waals surface area (Å²) in [6.45, 7) is 0. The van der Waals surface area contributed by atoms with E-state index in [0.29, 0.717) is 5.41 Å². The van der Waals surface area contributed by atoms with Gasteiger partial charge in [0.2, 0.25) is 5.91 Å². The van der Waals surface area contributed by atoms with Crippen LogP contribution in [0.4, 0.5) is 0 Å². The van der Waals surface area contributed by atoms with E-state index in [9.17, 15) is 4.79 Å². The average molecular weight is 205 g/mol. The lowest BCUT2D eigenvalue weighted by Gasteiger charge is -2.55. The second-order valence-corrected chi connectivity index (χ2v) is 6.58. The SMILES string of the molecule is NC(=O)C1CC12C1CC3CC(C1)CC2C3. The second-order valence-electron chi connectivity index (χ2n) is 6.58. The van der Waals surface area contributed by atoms with Gasteiger partial charge >= 0.3 is 0 Å². The van der Waals surface area contributed by atoms with Gasteiger partial charge in [0.1, 0.15) is 0 Å². The fourth-order valence-corrected chi connectivity index (χ4v) is 5.62. The third-order valence-electron chi connectivity index (χ3n) is 6.05. The molecule has 0 radical (unpaired) electrons. The summed E-state index contributed by atoms with van der Waals surface area (Å²) < 4.78 is 0. The third-order valence-corrected chi connectivity index (χ3v) is 6.05. The molecule has 1 amide bonds. The molecule has 0 saturated heterocycles. The highest BCUT2D eigenvalue weighted by Crippen LogP contribution is 2.74. The molecule has 0 aromatic carbocycles. The van der Waals surface area contributed by atoms with Gasteiger partial charge in [-0.25, -0.2) is 0 Å². The molecule has 0 heterocycles. The number of carbonyl (C=O) groups is 1. The van der Waals surface area contributed by atoms with E-state index in [1.54, 1.807) is 0 Å². The third kappa shape index (κ3) is 0.896. The standard InChI is InChI=1S/C13H19NO/c14-12(15)11-6-13(11)9-2-7-1-8(4-9)5-10(13)3-7/h7-11H,1-6H2,(H2,14,15). The molecule has 5 saturated carbocycles. The normalized spacial score (nSPS) is 59.9. The molecule has 0 aliphatic heterocycles. The Hall–Kier alpha value is -0.530. The van der Waals surface area contributed by atoms with Gasteiger partial charge in [0, 0.05) is 5.92 Å². The fraction of sp³-hybridized carbons (Fsp3) is 0.923. The zero-order valence-electron chi connectivity index (χ0n) is 9.11. The number of amides is 1. The molecule has 0 aromatic rings. The molecule has 1 spiro atoms. The molecule has 5 fully saturated rings. The van der Waals surface area contributed by atoms with E-state index in [2.05, 4.69) is 0 Å². The first-order valence-electron chi connectivity index (χ1n) is 6.49. The first kappa shape index (κ1) is 8.60.